The Balaban J connectivity index is 1.77. The summed E-state index contributed by atoms with van der Waals surface area (Å²) in [6.07, 6.45) is 1.34. The van der Waals surface area contributed by atoms with E-state index in [-0.39, 0.29) is 11.9 Å². The average Bonchev–Trinajstić information content (AvgIpc) is 2.50. The van der Waals surface area contributed by atoms with Crippen molar-refractivity contribution >= 4 is 0 Å². The predicted octanol–water partition coefficient (Wildman–Crippen LogP) is 3.31. The van der Waals surface area contributed by atoms with Gasteiger partial charge in [-0.3, -0.25) is 4.90 Å². The summed E-state index contributed by atoms with van der Waals surface area (Å²) in [6, 6.07) is 14.9. The van der Waals surface area contributed by atoms with E-state index in [9.17, 15) is 9.50 Å². The summed E-state index contributed by atoms with van der Waals surface area (Å²) < 4.78 is 13.8. The Hall–Kier alpha value is -1.71. The molecule has 0 radical (unpaired) electrons. The largest absolute Gasteiger partial charge is 0.387 e. The Morgan fingerprint density at radius 2 is 1.86 bits per heavy atom. The van der Waals surface area contributed by atoms with Crippen molar-refractivity contribution in [3.8, 4) is 0 Å². The van der Waals surface area contributed by atoms with Gasteiger partial charge in [0.15, 0.2) is 0 Å². The molecule has 0 aromatic heterocycles. The first-order chi connectivity index (χ1) is 10.2. The van der Waals surface area contributed by atoms with E-state index < -0.39 is 6.10 Å². The number of hydrogen-bond donors (Lipinski definition) is 1. The molecule has 2 aromatic rings. The minimum atomic E-state index is -0.508. The van der Waals surface area contributed by atoms with Gasteiger partial charge in [-0.05, 0) is 37.1 Å². The zero-order valence-electron chi connectivity index (χ0n) is 12.2. The van der Waals surface area contributed by atoms with Crippen molar-refractivity contribution in [1.82, 2.24) is 4.90 Å². The molecule has 0 saturated carbocycles. The van der Waals surface area contributed by atoms with Gasteiger partial charge in [0, 0.05) is 18.2 Å². The molecule has 0 amide bonds. The van der Waals surface area contributed by atoms with Crippen LogP contribution in [-0.4, -0.2) is 23.1 Å². The Morgan fingerprint density at radius 1 is 1.14 bits per heavy atom. The Morgan fingerprint density at radius 3 is 2.67 bits per heavy atom. The van der Waals surface area contributed by atoms with Crippen LogP contribution in [0.3, 0.4) is 0 Å². The monoisotopic (exact) mass is 285 g/mol. The molecule has 0 spiro atoms. The molecule has 3 heteroatoms. The Kier molecular flexibility index (Phi) is 4.04. The second kappa shape index (κ2) is 5.96. The molecular weight excluding hydrogens is 265 g/mol. The van der Waals surface area contributed by atoms with Crippen LogP contribution in [-0.2, 0) is 13.0 Å². The molecule has 21 heavy (non-hydrogen) atoms. The minimum absolute atomic E-state index is 0.0273. The number of aliphatic hydroxyl groups excluding tert-OH is 1. The van der Waals surface area contributed by atoms with Gasteiger partial charge in [-0.2, -0.15) is 0 Å². The van der Waals surface area contributed by atoms with E-state index in [2.05, 4.69) is 11.0 Å². The minimum Gasteiger partial charge on any atom is -0.387 e. The van der Waals surface area contributed by atoms with Crippen LogP contribution < -0.4 is 0 Å². The normalized spacial score (nSPS) is 21.3. The summed E-state index contributed by atoms with van der Waals surface area (Å²) in [4.78, 5) is 2.05. The highest BCUT2D eigenvalue weighted by Crippen LogP contribution is 2.33. The fourth-order valence-electron chi connectivity index (χ4n) is 3.19. The van der Waals surface area contributed by atoms with Gasteiger partial charge in [-0.1, -0.05) is 42.5 Å². The van der Waals surface area contributed by atoms with E-state index in [1.54, 1.807) is 12.1 Å². The van der Waals surface area contributed by atoms with E-state index in [4.69, 9.17) is 0 Å². The van der Waals surface area contributed by atoms with Crippen molar-refractivity contribution in [2.24, 2.45) is 0 Å². The van der Waals surface area contributed by atoms with Gasteiger partial charge in [0.05, 0.1) is 6.10 Å². The maximum Gasteiger partial charge on any atom is 0.127 e. The van der Waals surface area contributed by atoms with Crippen LogP contribution in [0.1, 0.15) is 29.2 Å². The molecule has 3 rings (SSSR count). The molecule has 2 nitrogen and oxygen atoms in total. The summed E-state index contributed by atoms with van der Waals surface area (Å²) >= 11 is 0. The summed E-state index contributed by atoms with van der Waals surface area (Å²) in [5.41, 5.74) is 2.90. The van der Waals surface area contributed by atoms with Gasteiger partial charge in [0.1, 0.15) is 5.82 Å². The second-order valence-electron chi connectivity index (χ2n) is 5.76. The topological polar surface area (TPSA) is 23.5 Å². The molecule has 0 bridgehead atoms. The van der Waals surface area contributed by atoms with E-state index in [0.717, 1.165) is 18.4 Å². The summed E-state index contributed by atoms with van der Waals surface area (Å²) in [5.74, 6) is -0.185. The molecule has 0 aliphatic heterocycles. The van der Waals surface area contributed by atoms with Crippen LogP contribution in [0.15, 0.2) is 48.5 Å². The Labute approximate surface area is 124 Å². The molecule has 0 saturated heterocycles. The number of halogens is 1. The highest BCUT2D eigenvalue weighted by atomic mass is 19.1. The number of benzene rings is 2. The third kappa shape index (κ3) is 2.85. The van der Waals surface area contributed by atoms with E-state index in [1.165, 1.54) is 11.6 Å². The lowest BCUT2D eigenvalue weighted by molar-refractivity contribution is 0.0457. The Bertz CT molecular complexity index is 628. The molecule has 2 unspecified atom stereocenters. The molecule has 2 aromatic carbocycles. The van der Waals surface area contributed by atoms with Crippen LogP contribution in [0.5, 0.6) is 0 Å². The fraction of sp³-hybridized carbons (Fsp3) is 0.333. The quantitative estimate of drug-likeness (QED) is 0.935. The van der Waals surface area contributed by atoms with Gasteiger partial charge in [0.25, 0.3) is 0 Å². The zero-order chi connectivity index (χ0) is 14.8. The molecular formula is C18H20FNO. The molecule has 1 N–H and O–H groups in total. The maximum atomic E-state index is 13.8. The highest BCUT2D eigenvalue weighted by Gasteiger charge is 2.30. The maximum absolute atomic E-state index is 13.8. The predicted molar refractivity (Wildman–Crippen MR) is 81.4 cm³/mol. The van der Waals surface area contributed by atoms with E-state index in [1.807, 2.05) is 31.3 Å². The number of hydrogen-bond acceptors (Lipinski definition) is 2. The lowest BCUT2D eigenvalue weighted by atomic mass is 9.85. The van der Waals surface area contributed by atoms with Gasteiger partial charge in [-0.25, -0.2) is 4.39 Å². The van der Waals surface area contributed by atoms with E-state index in [0.29, 0.717) is 12.1 Å². The smallest absolute Gasteiger partial charge is 0.127 e. The summed E-state index contributed by atoms with van der Waals surface area (Å²) in [6.45, 7) is 0.510. The number of aliphatic hydroxyl groups is 1. The van der Waals surface area contributed by atoms with Crippen molar-refractivity contribution in [2.45, 2.75) is 31.5 Å². The molecule has 110 valence electrons. The van der Waals surface area contributed by atoms with Crippen molar-refractivity contribution in [2.75, 3.05) is 7.05 Å². The highest BCUT2D eigenvalue weighted by molar-refractivity contribution is 5.32. The number of rotatable bonds is 3. The summed E-state index contributed by atoms with van der Waals surface area (Å²) in [7, 11) is 1.95. The number of aryl methyl sites for hydroxylation is 1. The van der Waals surface area contributed by atoms with Gasteiger partial charge < -0.3 is 5.11 Å². The van der Waals surface area contributed by atoms with Crippen molar-refractivity contribution in [1.29, 1.82) is 0 Å². The van der Waals surface area contributed by atoms with Crippen molar-refractivity contribution < 1.29 is 9.50 Å². The number of fused-ring (bicyclic) bond motifs is 1. The zero-order valence-corrected chi connectivity index (χ0v) is 12.2. The molecule has 0 heterocycles. The van der Waals surface area contributed by atoms with Crippen molar-refractivity contribution in [3.05, 3.63) is 71.0 Å². The number of likely N-dealkylation sites (N-methyl/N-ethyl adjacent to an activating group) is 1. The van der Waals surface area contributed by atoms with Crippen LogP contribution in [0, 0.1) is 5.82 Å². The third-order valence-corrected chi connectivity index (χ3v) is 4.39. The second-order valence-corrected chi connectivity index (χ2v) is 5.76. The van der Waals surface area contributed by atoms with E-state index >= 15 is 0 Å². The SMILES string of the molecule is CN(Cc1ccccc1F)C1CCc2ccccc2C1O. The summed E-state index contributed by atoms with van der Waals surface area (Å²) in [5, 5.41) is 10.6. The van der Waals surface area contributed by atoms with Crippen LogP contribution in [0.4, 0.5) is 4.39 Å². The molecule has 2 atom stereocenters. The molecule has 1 aliphatic carbocycles. The lowest BCUT2D eigenvalue weighted by Gasteiger charge is -2.36. The lowest BCUT2D eigenvalue weighted by Crippen LogP contribution is -2.39. The average molecular weight is 285 g/mol. The van der Waals surface area contributed by atoms with Crippen molar-refractivity contribution in [3.63, 3.8) is 0 Å². The fourth-order valence-corrected chi connectivity index (χ4v) is 3.19. The number of nitrogens with zero attached hydrogens (tertiary/aromatic N) is 1. The standard InChI is InChI=1S/C18H20FNO/c1-20(12-14-7-3-5-9-16(14)19)17-11-10-13-6-2-4-8-15(13)18(17)21/h2-9,17-18,21H,10-12H2,1H3. The van der Waals surface area contributed by atoms with Gasteiger partial charge >= 0.3 is 0 Å². The van der Waals surface area contributed by atoms with Gasteiger partial charge in [-0.15, -0.1) is 0 Å². The first kappa shape index (κ1) is 14.2. The first-order valence-corrected chi connectivity index (χ1v) is 7.36. The third-order valence-electron chi connectivity index (χ3n) is 4.39. The first-order valence-electron chi connectivity index (χ1n) is 7.36. The van der Waals surface area contributed by atoms with Crippen LogP contribution in [0.25, 0.3) is 0 Å². The molecule has 1 aliphatic rings. The van der Waals surface area contributed by atoms with Crippen LogP contribution in [0.2, 0.25) is 0 Å². The van der Waals surface area contributed by atoms with Gasteiger partial charge in [0.2, 0.25) is 0 Å². The molecule has 0 fully saturated rings. The van der Waals surface area contributed by atoms with Crippen LogP contribution >= 0.6 is 0 Å².